The lowest BCUT2D eigenvalue weighted by Gasteiger charge is -2.39. The molecule has 0 N–H and O–H groups in total. The van der Waals surface area contributed by atoms with Crippen LogP contribution >= 0.6 is 0 Å². The summed E-state index contributed by atoms with van der Waals surface area (Å²) in [6.07, 6.45) is 2.23. The van der Waals surface area contributed by atoms with Gasteiger partial charge in [-0.2, -0.15) is 0 Å². The van der Waals surface area contributed by atoms with Crippen LogP contribution in [0.2, 0.25) is 0 Å². The van der Waals surface area contributed by atoms with E-state index in [-0.39, 0.29) is 5.41 Å². The monoisotopic (exact) mass is 254 g/mol. The number of hydrogen-bond acceptors (Lipinski definition) is 2. The third-order valence-corrected chi connectivity index (χ3v) is 3.67. The molecule has 1 aliphatic heterocycles. The highest BCUT2D eigenvalue weighted by Gasteiger charge is 2.31. The van der Waals surface area contributed by atoms with Crippen molar-refractivity contribution in [3.05, 3.63) is 0 Å². The molecule has 1 heterocycles. The molecule has 0 radical (unpaired) electrons. The van der Waals surface area contributed by atoms with Crippen LogP contribution in [0.1, 0.15) is 47.5 Å². The minimum absolute atomic E-state index is 0.239. The summed E-state index contributed by atoms with van der Waals surface area (Å²) in [5.41, 5.74) is -0.239. The van der Waals surface area contributed by atoms with Gasteiger partial charge in [0.05, 0.1) is 0 Å². The fraction of sp³-hybridized carbons (Fsp3) is 0.933. The largest absolute Gasteiger partial charge is 0.342 e. The Morgan fingerprint density at radius 2 is 1.78 bits per heavy atom. The Morgan fingerprint density at radius 3 is 2.17 bits per heavy atom. The van der Waals surface area contributed by atoms with E-state index in [9.17, 15) is 4.79 Å². The first-order valence-corrected chi connectivity index (χ1v) is 7.21. The smallest absolute Gasteiger partial charge is 0.227 e. The number of amides is 1. The molecule has 1 fully saturated rings. The zero-order valence-electron chi connectivity index (χ0n) is 13.0. The predicted molar refractivity (Wildman–Crippen MR) is 76.5 cm³/mol. The van der Waals surface area contributed by atoms with Crippen LogP contribution in [-0.2, 0) is 4.79 Å². The molecule has 1 saturated heterocycles. The van der Waals surface area contributed by atoms with E-state index in [2.05, 4.69) is 25.8 Å². The molecule has 0 bridgehead atoms. The van der Waals surface area contributed by atoms with Crippen LogP contribution in [0.4, 0.5) is 0 Å². The van der Waals surface area contributed by atoms with E-state index in [0.717, 1.165) is 32.5 Å². The minimum atomic E-state index is -0.239. The van der Waals surface area contributed by atoms with Crippen molar-refractivity contribution in [2.75, 3.05) is 26.7 Å². The molecule has 0 aromatic carbocycles. The van der Waals surface area contributed by atoms with Gasteiger partial charge in [0.15, 0.2) is 0 Å². The molecule has 0 spiro atoms. The van der Waals surface area contributed by atoms with Crippen molar-refractivity contribution in [3.63, 3.8) is 0 Å². The van der Waals surface area contributed by atoms with Crippen LogP contribution in [0.25, 0.3) is 0 Å². The zero-order valence-corrected chi connectivity index (χ0v) is 13.0. The van der Waals surface area contributed by atoms with Crippen molar-refractivity contribution in [3.8, 4) is 0 Å². The lowest BCUT2D eigenvalue weighted by molar-refractivity contribution is -0.141. The first-order chi connectivity index (χ1) is 8.21. The topological polar surface area (TPSA) is 23.6 Å². The minimum Gasteiger partial charge on any atom is -0.342 e. The molecule has 0 aliphatic carbocycles. The molecule has 0 aromatic heterocycles. The normalized spacial score (nSPS) is 18.8. The summed E-state index contributed by atoms with van der Waals surface area (Å²) in [6.45, 7) is 13.5. The SMILES string of the molecule is CC(C)CN(C)C1CCN(C(=O)C(C)(C)C)CC1. The van der Waals surface area contributed by atoms with Gasteiger partial charge in [-0.1, -0.05) is 34.6 Å². The Morgan fingerprint density at radius 1 is 1.28 bits per heavy atom. The lowest BCUT2D eigenvalue weighted by atomic mass is 9.92. The number of rotatable bonds is 3. The highest BCUT2D eigenvalue weighted by molar-refractivity contribution is 5.81. The Bertz CT molecular complexity index is 273. The van der Waals surface area contributed by atoms with Gasteiger partial charge in [0.2, 0.25) is 5.91 Å². The highest BCUT2D eigenvalue weighted by Crippen LogP contribution is 2.22. The summed E-state index contributed by atoms with van der Waals surface area (Å²) < 4.78 is 0. The average molecular weight is 254 g/mol. The van der Waals surface area contributed by atoms with Gasteiger partial charge in [0.25, 0.3) is 0 Å². The second kappa shape index (κ2) is 6.05. The molecule has 0 atom stereocenters. The van der Waals surface area contributed by atoms with Gasteiger partial charge in [-0.15, -0.1) is 0 Å². The van der Waals surface area contributed by atoms with Gasteiger partial charge < -0.3 is 9.80 Å². The van der Waals surface area contributed by atoms with Crippen molar-refractivity contribution in [2.45, 2.75) is 53.5 Å². The molecule has 1 amide bonds. The van der Waals surface area contributed by atoms with E-state index in [4.69, 9.17) is 0 Å². The van der Waals surface area contributed by atoms with Crippen LogP contribution in [-0.4, -0.2) is 48.4 Å². The summed E-state index contributed by atoms with van der Waals surface area (Å²) in [5.74, 6) is 1.01. The predicted octanol–water partition coefficient (Wildman–Crippen LogP) is 2.61. The van der Waals surface area contributed by atoms with E-state index < -0.39 is 0 Å². The van der Waals surface area contributed by atoms with Crippen LogP contribution in [0.15, 0.2) is 0 Å². The third-order valence-electron chi connectivity index (χ3n) is 3.67. The number of hydrogen-bond donors (Lipinski definition) is 0. The molecule has 1 aliphatic rings. The molecular weight excluding hydrogens is 224 g/mol. The summed E-state index contributed by atoms with van der Waals surface area (Å²) in [6, 6.07) is 0.649. The first-order valence-electron chi connectivity index (χ1n) is 7.21. The number of likely N-dealkylation sites (tertiary alicyclic amines) is 1. The fourth-order valence-corrected chi connectivity index (χ4v) is 2.71. The molecule has 0 saturated carbocycles. The van der Waals surface area contributed by atoms with Gasteiger partial charge in [-0.05, 0) is 25.8 Å². The standard InChI is InChI=1S/C15H30N2O/c1-12(2)11-16(6)13-7-9-17(10-8-13)14(18)15(3,4)5/h12-13H,7-11H2,1-6H3. The Labute approximate surface area is 113 Å². The van der Waals surface area contributed by atoms with Gasteiger partial charge in [-0.25, -0.2) is 0 Å². The van der Waals surface area contributed by atoms with E-state index in [1.807, 2.05) is 25.7 Å². The highest BCUT2D eigenvalue weighted by atomic mass is 16.2. The fourth-order valence-electron chi connectivity index (χ4n) is 2.71. The molecule has 106 valence electrons. The number of piperidine rings is 1. The summed E-state index contributed by atoms with van der Waals surface area (Å²) >= 11 is 0. The molecular formula is C15H30N2O. The maximum absolute atomic E-state index is 12.2. The Balaban J connectivity index is 2.44. The molecule has 0 aromatic rings. The van der Waals surface area contributed by atoms with Crippen molar-refractivity contribution >= 4 is 5.91 Å². The van der Waals surface area contributed by atoms with E-state index >= 15 is 0 Å². The molecule has 3 nitrogen and oxygen atoms in total. The van der Waals surface area contributed by atoms with Crippen molar-refractivity contribution < 1.29 is 4.79 Å². The van der Waals surface area contributed by atoms with Gasteiger partial charge in [-0.3, -0.25) is 4.79 Å². The van der Waals surface area contributed by atoms with Crippen molar-refractivity contribution in [2.24, 2.45) is 11.3 Å². The van der Waals surface area contributed by atoms with Crippen molar-refractivity contribution in [1.29, 1.82) is 0 Å². The number of carbonyl (C=O) groups excluding carboxylic acids is 1. The summed E-state index contributed by atoms with van der Waals surface area (Å²) in [7, 11) is 2.21. The van der Waals surface area contributed by atoms with E-state index in [1.165, 1.54) is 0 Å². The molecule has 1 rings (SSSR count). The molecule has 0 unspecified atom stereocenters. The van der Waals surface area contributed by atoms with Gasteiger partial charge in [0.1, 0.15) is 0 Å². The summed E-state index contributed by atoms with van der Waals surface area (Å²) in [5, 5.41) is 0. The first kappa shape index (κ1) is 15.5. The van der Waals surface area contributed by atoms with E-state index in [1.54, 1.807) is 0 Å². The second-order valence-corrected chi connectivity index (χ2v) is 7.11. The van der Waals surface area contributed by atoms with Crippen LogP contribution in [0.3, 0.4) is 0 Å². The Hall–Kier alpha value is -0.570. The van der Waals surface area contributed by atoms with E-state index in [0.29, 0.717) is 17.9 Å². The van der Waals surface area contributed by atoms with Crippen LogP contribution in [0, 0.1) is 11.3 Å². The van der Waals surface area contributed by atoms with Crippen LogP contribution in [0.5, 0.6) is 0 Å². The quantitative estimate of drug-likeness (QED) is 0.773. The number of carbonyl (C=O) groups is 1. The van der Waals surface area contributed by atoms with Gasteiger partial charge >= 0.3 is 0 Å². The van der Waals surface area contributed by atoms with Crippen LogP contribution < -0.4 is 0 Å². The molecule has 18 heavy (non-hydrogen) atoms. The summed E-state index contributed by atoms with van der Waals surface area (Å²) in [4.78, 5) is 16.7. The van der Waals surface area contributed by atoms with Gasteiger partial charge in [0, 0.05) is 31.1 Å². The maximum atomic E-state index is 12.2. The average Bonchev–Trinajstić information content (AvgIpc) is 2.26. The maximum Gasteiger partial charge on any atom is 0.227 e. The second-order valence-electron chi connectivity index (χ2n) is 7.11. The number of nitrogens with zero attached hydrogens (tertiary/aromatic N) is 2. The molecule has 3 heteroatoms. The Kier molecular flexibility index (Phi) is 5.20. The third kappa shape index (κ3) is 4.27. The van der Waals surface area contributed by atoms with Crippen molar-refractivity contribution in [1.82, 2.24) is 9.80 Å². The zero-order chi connectivity index (χ0) is 13.9. The lowest BCUT2D eigenvalue weighted by Crippen LogP contribution is -2.49.